The molecule has 86 valence electrons. The first-order valence-electron chi connectivity index (χ1n) is 5.98. The minimum atomic E-state index is -0.276. The molecule has 0 heterocycles. The molecule has 2 fully saturated rings. The molecule has 0 spiro atoms. The van der Waals surface area contributed by atoms with Crippen molar-refractivity contribution in [3.05, 3.63) is 0 Å². The predicted octanol–water partition coefficient (Wildman–Crippen LogP) is 1.53. The van der Waals surface area contributed by atoms with Gasteiger partial charge in [0, 0.05) is 12.1 Å². The maximum atomic E-state index is 11.5. The topological polar surface area (TPSA) is 64.3 Å². The Morgan fingerprint density at radius 2 is 1.87 bits per heavy atom. The molecule has 15 heavy (non-hydrogen) atoms. The lowest BCUT2D eigenvalue weighted by Gasteiger charge is -2.31. The molecule has 2 aliphatic rings. The molecule has 0 aliphatic heterocycles. The molecule has 0 aromatic carbocycles. The Morgan fingerprint density at radius 3 is 2.47 bits per heavy atom. The van der Waals surface area contributed by atoms with Crippen molar-refractivity contribution in [2.75, 3.05) is 0 Å². The zero-order chi connectivity index (χ0) is 10.7. The van der Waals surface area contributed by atoms with E-state index in [1.165, 1.54) is 6.42 Å². The van der Waals surface area contributed by atoms with Crippen LogP contribution in [0.5, 0.6) is 0 Å². The van der Waals surface area contributed by atoms with Gasteiger partial charge in [0.25, 0.3) is 0 Å². The molecule has 3 N–H and O–H groups in total. The third-order valence-electron chi connectivity index (χ3n) is 3.44. The summed E-state index contributed by atoms with van der Waals surface area (Å²) in [5.41, 5.74) is 5.90. The van der Waals surface area contributed by atoms with Gasteiger partial charge in [0.2, 0.25) is 0 Å². The fraction of sp³-hybridized carbons (Fsp3) is 0.909. The zero-order valence-electron chi connectivity index (χ0n) is 9.08. The van der Waals surface area contributed by atoms with Gasteiger partial charge in [-0.05, 0) is 38.5 Å². The average molecular weight is 212 g/mol. The summed E-state index contributed by atoms with van der Waals surface area (Å²) in [5, 5.41) is 2.87. The third-order valence-corrected chi connectivity index (χ3v) is 3.44. The minimum Gasteiger partial charge on any atom is -0.445 e. The van der Waals surface area contributed by atoms with E-state index in [0.717, 1.165) is 38.5 Å². The first kappa shape index (κ1) is 10.7. The molecule has 2 unspecified atom stereocenters. The number of carbonyl (C=O) groups is 1. The molecule has 2 aliphatic carbocycles. The van der Waals surface area contributed by atoms with Gasteiger partial charge in [-0.2, -0.15) is 0 Å². The number of amides is 1. The van der Waals surface area contributed by atoms with Crippen molar-refractivity contribution in [2.45, 2.75) is 63.1 Å². The molecule has 2 rings (SSSR count). The summed E-state index contributed by atoms with van der Waals surface area (Å²) in [6, 6.07) is 0.378. The summed E-state index contributed by atoms with van der Waals surface area (Å²) in [6.07, 6.45) is 7.22. The third kappa shape index (κ3) is 2.84. The van der Waals surface area contributed by atoms with E-state index >= 15 is 0 Å². The number of nitrogens with two attached hydrogens (primary N) is 1. The van der Waals surface area contributed by atoms with E-state index in [-0.39, 0.29) is 18.2 Å². The highest BCUT2D eigenvalue weighted by atomic mass is 16.6. The van der Waals surface area contributed by atoms with Crippen molar-refractivity contribution in [3.8, 4) is 0 Å². The summed E-state index contributed by atoms with van der Waals surface area (Å²) in [6.45, 7) is 0. The zero-order valence-corrected chi connectivity index (χ0v) is 9.08. The fourth-order valence-electron chi connectivity index (χ4n) is 2.16. The number of carbonyl (C=O) groups excluding carboxylic acids is 1. The van der Waals surface area contributed by atoms with Crippen molar-refractivity contribution in [1.29, 1.82) is 0 Å². The van der Waals surface area contributed by atoms with E-state index in [0.29, 0.717) is 6.04 Å². The van der Waals surface area contributed by atoms with Crippen LogP contribution in [0.25, 0.3) is 0 Å². The predicted molar refractivity (Wildman–Crippen MR) is 57.5 cm³/mol. The molecule has 0 bridgehead atoms. The normalized spacial score (nSPS) is 31.8. The summed E-state index contributed by atoms with van der Waals surface area (Å²) in [7, 11) is 0. The number of nitrogens with one attached hydrogen (secondary N) is 1. The molecule has 2 saturated carbocycles. The van der Waals surface area contributed by atoms with Gasteiger partial charge >= 0.3 is 6.09 Å². The molecular weight excluding hydrogens is 192 g/mol. The van der Waals surface area contributed by atoms with Gasteiger partial charge in [0.15, 0.2) is 0 Å². The van der Waals surface area contributed by atoms with Crippen LogP contribution >= 0.6 is 0 Å². The molecule has 0 saturated heterocycles. The van der Waals surface area contributed by atoms with E-state index in [4.69, 9.17) is 10.5 Å². The van der Waals surface area contributed by atoms with Crippen molar-refractivity contribution in [2.24, 2.45) is 5.73 Å². The Bertz CT molecular complexity index is 229. The fourth-order valence-corrected chi connectivity index (χ4v) is 2.16. The van der Waals surface area contributed by atoms with Gasteiger partial charge in [-0.3, -0.25) is 0 Å². The van der Waals surface area contributed by atoms with Crippen LogP contribution in [0.15, 0.2) is 0 Å². The summed E-state index contributed by atoms with van der Waals surface area (Å²) in [4.78, 5) is 11.5. The number of alkyl carbamates (subject to hydrolysis) is 1. The Labute approximate surface area is 90.5 Å². The van der Waals surface area contributed by atoms with E-state index in [1.807, 2.05) is 0 Å². The van der Waals surface area contributed by atoms with Gasteiger partial charge in [-0.25, -0.2) is 4.79 Å². The smallest absolute Gasteiger partial charge is 0.407 e. The minimum absolute atomic E-state index is 0.0332. The van der Waals surface area contributed by atoms with Crippen LogP contribution in [-0.4, -0.2) is 24.3 Å². The van der Waals surface area contributed by atoms with Crippen LogP contribution < -0.4 is 11.1 Å². The van der Waals surface area contributed by atoms with E-state index in [1.54, 1.807) is 0 Å². The maximum absolute atomic E-state index is 11.5. The molecular formula is C11H20N2O2. The van der Waals surface area contributed by atoms with Crippen LogP contribution in [-0.2, 0) is 4.74 Å². The highest BCUT2D eigenvalue weighted by Gasteiger charge is 2.27. The highest BCUT2D eigenvalue weighted by molar-refractivity contribution is 5.68. The lowest BCUT2D eigenvalue weighted by Crippen LogP contribution is -2.46. The van der Waals surface area contributed by atoms with Gasteiger partial charge < -0.3 is 15.8 Å². The van der Waals surface area contributed by atoms with Gasteiger partial charge in [0.1, 0.15) is 6.10 Å². The molecule has 0 aromatic rings. The lowest BCUT2D eigenvalue weighted by atomic mass is 9.93. The van der Waals surface area contributed by atoms with Crippen LogP contribution in [0, 0.1) is 0 Å². The van der Waals surface area contributed by atoms with Crippen LogP contribution in [0.4, 0.5) is 4.79 Å². The second-order valence-electron chi connectivity index (χ2n) is 4.66. The second-order valence-corrected chi connectivity index (χ2v) is 4.66. The highest BCUT2D eigenvalue weighted by Crippen LogP contribution is 2.21. The summed E-state index contributed by atoms with van der Waals surface area (Å²) >= 11 is 0. The van der Waals surface area contributed by atoms with Gasteiger partial charge in [-0.1, -0.05) is 6.42 Å². The Balaban J connectivity index is 1.71. The van der Waals surface area contributed by atoms with Gasteiger partial charge in [0.05, 0.1) is 0 Å². The number of rotatable bonds is 2. The van der Waals surface area contributed by atoms with Crippen LogP contribution in [0.2, 0.25) is 0 Å². The molecule has 1 amide bonds. The SMILES string of the molecule is NC1CCCCC1OC(=O)NC1CCC1. The monoisotopic (exact) mass is 212 g/mol. The summed E-state index contributed by atoms with van der Waals surface area (Å²) in [5.74, 6) is 0. The second kappa shape index (κ2) is 4.84. The maximum Gasteiger partial charge on any atom is 0.407 e. The first-order valence-corrected chi connectivity index (χ1v) is 5.98. The molecule has 0 radical (unpaired) electrons. The first-order chi connectivity index (χ1) is 7.25. The largest absolute Gasteiger partial charge is 0.445 e. The quantitative estimate of drug-likeness (QED) is 0.729. The van der Waals surface area contributed by atoms with Crippen molar-refractivity contribution in [1.82, 2.24) is 5.32 Å². The van der Waals surface area contributed by atoms with Crippen LogP contribution in [0.3, 0.4) is 0 Å². The lowest BCUT2D eigenvalue weighted by molar-refractivity contribution is 0.0580. The molecule has 4 heteroatoms. The number of hydrogen-bond donors (Lipinski definition) is 2. The Morgan fingerprint density at radius 1 is 1.13 bits per heavy atom. The molecule has 2 atom stereocenters. The van der Waals surface area contributed by atoms with Crippen molar-refractivity contribution in [3.63, 3.8) is 0 Å². The Kier molecular flexibility index (Phi) is 3.46. The summed E-state index contributed by atoms with van der Waals surface area (Å²) < 4.78 is 5.33. The average Bonchev–Trinajstić information content (AvgIpc) is 2.16. The van der Waals surface area contributed by atoms with Crippen molar-refractivity contribution >= 4 is 6.09 Å². The van der Waals surface area contributed by atoms with E-state index in [2.05, 4.69) is 5.32 Å². The van der Waals surface area contributed by atoms with Crippen LogP contribution in [0.1, 0.15) is 44.9 Å². The van der Waals surface area contributed by atoms with Crippen molar-refractivity contribution < 1.29 is 9.53 Å². The Hall–Kier alpha value is -0.770. The standard InChI is InChI=1S/C11H20N2O2/c12-9-6-1-2-7-10(9)15-11(14)13-8-4-3-5-8/h8-10H,1-7,12H2,(H,13,14). The van der Waals surface area contributed by atoms with Gasteiger partial charge in [-0.15, -0.1) is 0 Å². The number of ether oxygens (including phenoxy) is 1. The van der Waals surface area contributed by atoms with E-state index in [9.17, 15) is 4.79 Å². The number of hydrogen-bond acceptors (Lipinski definition) is 3. The molecule has 4 nitrogen and oxygen atoms in total. The molecule has 0 aromatic heterocycles. The van der Waals surface area contributed by atoms with E-state index < -0.39 is 0 Å².